The van der Waals surface area contributed by atoms with Gasteiger partial charge in [0.1, 0.15) is 17.0 Å². The highest BCUT2D eigenvalue weighted by Crippen LogP contribution is 2.37. The Hall–Kier alpha value is -3.25. The van der Waals surface area contributed by atoms with Gasteiger partial charge < -0.3 is 10.2 Å². The van der Waals surface area contributed by atoms with Gasteiger partial charge in [0, 0.05) is 29.6 Å². The van der Waals surface area contributed by atoms with Gasteiger partial charge in [-0.3, -0.25) is 4.79 Å². The molecule has 1 saturated heterocycles. The zero-order valence-electron chi connectivity index (χ0n) is 16.5. The van der Waals surface area contributed by atoms with Crippen molar-refractivity contribution in [2.75, 3.05) is 23.3 Å². The summed E-state index contributed by atoms with van der Waals surface area (Å²) < 4.78 is 0. The van der Waals surface area contributed by atoms with E-state index in [2.05, 4.69) is 50.5 Å². The highest BCUT2D eigenvalue weighted by atomic mass is 32.1. The van der Waals surface area contributed by atoms with Crippen LogP contribution in [0, 0.1) is 5.92 Å². The smallest absolute Gasteiger partial charge is 0.227 e. The minimum absolute atomic E-state index is 0.0288. The largest absolute Gasteiger partial charge is 0.356 e. The van der Waals surface area contributed by atoms with E-state index in [1.54, 1.807) is 17.7 Å². The van der Waals surface area contributed by atoms with Crippen LogP contribution < -0.4 is 10.2 Å². The van der Waals surface area contributed by atoms with Gasteiger partial charge in [-0.15, -0.1) is 11.3 Å². The molecule has 1 amide bonds. The van der Waals surface area contributed by atoms with Gasteiger partial charge in [0.05, 0.1) is 5.39 Å². The number of nitrogens with one attached hydrogen (secondary N) is 1. The molecular formula is C24H22N4OS. The van der Waals surface area contributed by atoms with Crippen LogP contribution in [0.5, 0.6) is 0 Å². The van der Waals surface area contributed by atoms with E-state index in [-0.39, 0.29) is 11.8 Å². The van der Waals surface area contributed by atoms with Crippen LogP contribution >= 0.6 is 11.3 Å². The summed E-state index contributed by atoms with van der Waals surface area (Å²) in [4.78, 5) is 26.2. The first-order valence-corrected chi connectivity index (χ1v) is 11.0. The molecule has 2 aromatic heterocycles. The first kappa shape index (κ1) is 18.8. The van der Waals surface area contributed by atoms with Crippen LogP contribution in [0.15, 0.2) is 73.1 Å². The molecule has 0 radical (unpaired) electrons. The average molecular weight is 415 g/mol. The predicted molar refractivity (Wildman–Crippen MR) is 123 cm³/mol. The van der Waals surface area contributed by atoms with E-state index in [4.69, 9.17) is 0 Å². The van der Waals surface area contributed by atoms with Gasteiger partial charge in [0.2, 0.25) is 5.91 Å². The Bertz CT molecular complexity index is 1150. The molecule has 4 aromatic rings. The van der Waals surface area contributed by atoms with Crippen LogP contribution in [0.3, 0.4) is 0 Å². The second-order valence-corrected chi connectivity index (χ2v) is 8.54. The van der Waals surface area contributed by atoms with Crippen LogP contribution in [0.25, 0.3) is 20.7 Å². The quantitative estimate of drug-likeness (QED) is 0.498. The molecular weight excluding hydrogens is 392 g/mol. The van der Waals surface area contributed by atoms with Crippen molar-refractivity contribution in [3.05, 3.63) is 73.1 Å². The molecule has 2 aromatic carbocycles. The second-order valence-electron chi connectivity index (χ2n) is 7.51. The van der Waals surface area contributed by atoms with Crippen molar-refractivity contribution in [3.8, 4) is 10.4 Å². The van der Waals surface area contributed by atoms with Gasteiger partial charge >= 0.3 is 0 Å². The number of fused-ring (bicyclic) bond motifs is 1. The standard InChI is InChI=1S/C24H22N4OS/c29-23(27-19-9-5-2-6-10-19)18-11-13-28(14-12-18)22-20-15-21(17-7-3-1-4-8-17)30-24(20)26-16-25-22/h1-10,15-16,18H,11-14H2,(H,27,29). The Labute approximate surface area is 179 Å². The van der Waals surface area contributed by atoms with Crippen LogP contribution in [-0.2, 0) is 4.79 Å². The third kappa shape index (κ3) is 3.78. The van der Waals surface area contributed by atoms with Gasteiger partial charge in [-0.05, 0) is 36.6 Å². The van der Waals surface area contributed by atoms with Gasteiger partial charge in [-0.1, -0.05) is 48.5 Å². The summed E-state index contributed by atoms with van der Waals surface area (Å²) >= 11 is 1.69. The molecule has 3 heterocycles. The van der Waals surface area contributed by atoms with Crippen molar-refractivity contribution in [2.24, 2.45) is 5.92 Å². The molecule has 0 unspecified atom stereocenters. The zero-order valence-corrected chi connectivity index (χ0v) is 17.3. The first-order valence-electron chi connectivity index (χ1n) is 10.2. The van der Waals surface area contributed by atoms with Crippen LogP contribution in [0.2, 0.25) is 0 Å². The maximum absolute atomic E-state index is 12.6. The lowest BCUT2D eigenvalue weighted by molar-refractivity contribution is -0.120. The fourth-order valence-corrected chi connectivity index (χ4v) is 4.96. The van der Waals surface area contributed by atoms with Crippen molar-refractivity contribution in [1.29, 1.82) is 0 Å². The Morgan fingerprint density at radius 3 is 2.40 bits per heavy atom. The molecule has 0 aliphatic carbocycles. The molecule has 1 N–H and O–H groups in total. The van der Waals surface area contributed by atoms with Crippen molar-refractivity contribution in [1.82, 2.24) is 9.97 Å². The molecule has 0 spiro atoms. The van der Waals surface area contributed by atoms with Gasteiger partial charge in [-0.2, -0.15) is 0 Å². The Kier molecular flexibility index (Phi) is 5.15. The van der Waals surface area contributed by atoms with E-state index < -0.39 is 0 Å². The lowest BCUT2D eigenvalue weighted by Crippen LogP contribution is -2.38. The van der Waals surface area contributed by atoms with Crippen molar-refractivity contribution < 1.29 is 4.79 Å². The van der Waals surface area contributed by atoms with E-state index in [9.17, 15) is 4.79 Å². The van der Waals surface area contributed by atoms with Crippen LogP contribution in [0.4, 0.5) is 11.5 Å². The molecule has 1 fully saturated rings. The molecule has 150 valence electrons. The number of thiophene rings is 1. The summed E-state index contributed by atoms with van der Waals surface area (Å²) in [6, 6.07) is 22.2. The second kappa shape index (κ2) is 8.24. The number of carbonyl (C=O) groups is 1. The first-order chi connectivity index (χ1) is 14.8. The van der Waals surface area contributed by atoms with E-state index in [1.165, 1.54) is 10.4 Å². The number of anilines is 2. The third-order valence-corrected chi connectivity index (χ3v) is 6.67. The zero-order chi connectivity index (χ0) is 20.3. The Balaban J connectivity index is 1.31. The number of aromatic nitrogens is 2. The Morgan fingerprint density at radius 2 is 1.67 bits per heavy atom. The van der Waals surface area contributed by atoms with Crippen molar-refractivity contribution in [2.45, 2.75) is 12.8 Å². The predicted octanol–water partition coefficient (Wildman–Crippen LogP) is 5.21. The summed E-state index contributed by atoms with van der Waals surface area (Å²) in [7, 11) is 0. The molecule has 1 aliphatic heterocycles. The molecule has 5 nitrogen and oxygen atoms in total. The van der Waals surface area contributed by atoms with Gasteiger partial charge in [-0.25, -0.2) is 9.97 Å². The van der Waals surface area contributed by atoms with E-state index in [0.717, 1.165) is 47.7 Å². The number of carbonyl (C=O) groups excluding carboxylic acids is 1. The normalized spacial score (nSPS) is 14.7. The van der Waals surface area contributed by atoms with Crippen LogP contribution in [0.1, 0.15) is 12.8 Å². The van der Waals surface area contributed by atoms with E-state index in [0.29, 0.717) is 0 Å². The highest BCUT2D eigenvalue weighted by molar-refractivity contribution is 7.21. The van der Waals surface area contributed by atoms with Crippen molar-refractivity contribution in [3.63, 3.8) is 0 Å². The lowest BCUT2D eigenvalue weighted by Gasteiger charge is -2.32. The van der Waals surface area contributed by atoms with Crippen molar-refractivity contribution >= 4 is 39.0 Å². The topological polar surface area (TPSA) is 58.1 Å². The summed E-state index contributed by atoms with van der Waals surface area (Å²) in [6.07, 6.45) is 3.29. The molecule has 6 heteroatoms. The molecule has 0 saturated carbocycles. The number of hydrogen-bond donors (Lipinski definition) is 1. The fraction of sp³-hybridized carbons (Fsp3) is 0.208. The highest BCUT2D eigenvalue weighted by Gasteiger charge is 2.27. The number of rotatable bonds is 4. The fourth-order valence-electron chi connectivity index (χ4n) is 3.96. The van der Waals surface area contributed by atoms with Crippen LogP contribution in [-0.4, -0.2) is 29.0 Å². The summed E-state index contributed by atoms with van der Waals surface area (Å²) in [5, 5.41) is 4.13. The molecule has 0 atom stereocenters. The van der Waals surface area contributed by atoms with Gasteiger partial charge in [0.15, 0.2) is 0 Å². The molecule has 5 rings (SSSR count). The number of piperidine rings is 1. The summed E-state index contributed by atoms with van der Waals surface area (Å²) in [5.74, 6) is 1.11. The van der Waals surface area contributed by atoms with E-state index >= 15 is 0 Å². The minimum atomic E-state index is 0.0288. The maximum atomic E-state index is 12.6. The molecule has 1 aliphatic rings. The van der Waals surface area contributed by atoms with E-state index in [1.807, 2.05) is 36.4 Å². The van der Waals surface area contributed by atoms with Gasteiger partial charge in [0.25, 0.3) is 0 Å². The number of nitrogens with zero attached hydrogens (tertiary/aromatic N) is 3. The number of amides is 1. The monoisotopic (exact) mass is 414 g/mol. The molecule has 0 bridgehead atoms. The SMILES string of the molecule is O=C(Nc1ccccc1)C1CCN(c2ncnc3sc(-c4ccccc4)cc23)CC1. The minimum Gasteiger partial charge on any atom is -0.356 e. The number of para-hydroxylation sites is 1. The maximum Gasteiger partial charge on any atom is 0.227 e. The third-order valence-electron chi connectivity index (χ3n) is 5.57. The summed E-state index contributed by atoms with van der Waals surface area (Å²) in [6.45, 7) is 1.63. The number of benzene rings is 2. The Morgan fingerprint density at radius 1 is 0.967 bits per heavy atom. The lowest BCUT2D eigenvalue weighted by atomic mass is 9.95. The average Bonchev–Trinajstić information content (AvgIpc) is 3.25. The number of hydrogen-bond acceptors (Lipinski definition) is 5. The summed E-state index contributed by atoms with van der Waals surface area (Å²) in [5.41, 5.74) is 2.05. The molecule has 30 heavy (non-hydrogen) atoms.